The first-order chi connectivity index (χ1) is 12.3. The zero-order valence-electron chi connectivity index (χ0n) is 13.9. The van der Waals surface area contributed by atoms with Crippen LogP contribution < -0.4 is 10.5 Å². The second-order valence-electron chi connectivity index (χ2n) is 7.05. The Kier molecular flexibility index (Phi) is 3.48. The van der Waals surface area contributed by atoms with Crippen molar-refractivity contribution in [3.63, 3.8) is 0 Å². The molecule has 0 bridgehead atoms. The van der Waals surface area contributed by atoms with Gasteiger partial charge in [-0.15, -0.1) is 0 Å². The van der Waals surface area contributed by atoms with Crippen LogP contribution in [-0.4, -0.2) is 27.0 Å². The minimum Gasteiger partial charge on any atom is -0.490 e. The van der Waals surface area contributed by atoms with E-state index < -0.39 is 0 Å². The maximum absolute atomic E-state index is 6.40. The highest BCUT2D eigenvalue weighted by Gasteiger charge is 2.53. The second-order valence-corrected chi connectivity index (χ2v) is 8.04. The molecule has 3 atom stereocenters. The van der Waals surface area contributed by atoms with Gasteiger partial charge >= 0.3 is 0 Å². The van der Waals surface area contributed by atoms with Crippen molar-refractivity contribution in [1.82, 2.24) is 9.97 Å². The highest BCUT2D eigenvalue weighted by molar-refractivity contribution is 8.14. The summed E-state index contributed by atoms with van der Waals surface area (Å²) < 4.78 is 6.40. The molecule has 5 nitrogen and oxygen atoms in total. The van der Waals surface area contributed by atoms with Crippen LogP contribution in [0.2, 0.25) is 0 Å². The van der Waals surface area contributed by atoms with Gasteiger partial charge in [0, 0.05) is 35.2 Å². The summed E-state index contributed by atoms with van der Waals surface area (Å²) in [7, 11) is 0. The predicted octanol–water partition coefficient (Wildman–Crippen LogP) is 3.35. The standard InChI is InChI=1S/C19H20N4OS/c20-18-23-19(10-25-18)14-3-1-2-4-16(14)24-17-6-5-12(7-15(17)19)13-8-21-11-22-9-13/h5-9,11,14,16H,1-4,10H2,(H2,20,23). The Labute approximate surface area is 151 Å². The van der Waals surface area contributed by atoms with Crippen LogP contribution in [0.25, 0.3) is 11.1 Å². The molecule has 1 aliphatic carbocycles. The molecule has 1 aromatic heterocycles. The van der Waals surface area contributed by atoms with E-state index in [9.17, 15) is 0 Å². The molecule has 1 aromatic carbocycles. The Morgan fingerprint density at radius 1 is 1.12 bits per heavy atom. The molecule has 25 heavy (non-hydrogen) atoms. The third-order valence-electron chi connectivity index (χ3n) is 5.68. The second kappa shape index (κ2) is 5.73. The van der Waals surface area contributed by atoms with Gasteiger partial charge in [-0.2, -0.15) is 0 Å². The van der Waals surface area contributed by atoms with E-state index >= 15 is 0 Å². The van der Waals surface area contributed by atoms with Crippen molar-refractivity contribution in [1.29, 1.82) is 0 Å². The molecule has 128 valence electrons. The monoisotopic (exact) mass is 352 g/mol. The molecule has 3 heterocycles. The molecule has 6 heteroatoms. The zero-order valence-corrected chi connectivity index (χ0v) is 14.7. The first-order valence-electron chi connectivity index (χ1n) is 8.81. The highest BCUT2D eigenvalue weighted by atomic mass is 32.2. The maximum atomic E-state index is 6.40. The fourth-order valence-corrected chi connectivity index (χ4v) is 5.55. The lowest BCUT2D eigenvalue weighted by Gasteiger charge is -2.47. The molecule has 3 unspecified atom stereocenters. The van der Waals surface area contributed by atoms with E-state index in [1.807, 2.05) is 12.4 Å². The van der Waals surface area contributed by atoms with Crippen molar-refractivity contribution in [2.75, 3.05) is 5.75 Å². The van der Waals surface area contributed by atoms with Crippen LogP contribution in [0.4, 0.5) is 0 Å². The van der Waals surface area contributed by atoms with Gasteiger partial charge in [-0.3, -0.25) is 0 Å². The van der Waals surface area contributed by atoms with Crippen molar-refractivity contribution in [3.8, 4) is 16.9 Å². The average Bonchev–Trinajstić information content (AvgIpc) is 3.05. The molecule has 5 rings (SSSR count). The number of rotatable bonds is 1. The van der Waals surface area contributed by atoms with Gasteiger partial charge < -0.3 is 10.5 Å². The molecule has 2 aromatic rings. The Morgan fingerprint density at radius 2 is 1.96 bits per heavy atom. The molecular formula is C19H20N4OS. The normalized spacial score (nSPS) is 30.3. The number of hydrogen-bond donors (Lipinski definition) is 1. The van der Waals surface area contributed by atoms with E-state index in [0.29, 0.717) is 11.1 Å². The Hall–Kier alpha value is -2.08. The van der Waals surface area contributed by atoms with E-state index in [0.717, 1.165) is 35.5 Å². The van der Waals surface area contributed by atoms with Crippen LogP contribution >= 0.6 is 11.8 Å². The Bertz CT molecular complexity index is 841. The van der Waals surface area contributed by atoms with E-state index in [4.69, 9.17) is 15.5 Å². The quantitative estimate of drug-likeness (QED) is 0.852. The summed E-state index contributed by atoms with van der Waals surface area (Å²) >= 11 is 1.67. The molecule has 2 aliphatic heterocycles. The molecule has 1 spiro atoms. The van der Waals surface area contributed by atoms with Crippen molar-refractivity contribution >= 4 is 16.9 Å². The van der Waals surface area contributed by atoms with Gasteiger partial charge in [-0.25, -0.2) is 15.0 Å². The molecular weight excluding hydrogens is 332 g/mol. The fraction of sp³-hybridized carbons (Fsp3) is 0.421. The number of nitrogens with zero attached hydrogens (tertiary/aromatic N) is 3. The lowest BCUT2D eigenvalue weighted by molar-refractivity contribution is 0.0268. The molecule has 2 N–H and O–H groups in total. The number of thioether (sulfide) groups is 1. The lowest BCUT2D eigenvalue weighted by Crippen LogP contribution is -2.49. The number of fused-ring (bicyclic) bond motifs is 4. The van der Waals surface area contributed by atoms with E-state index in [1.54, 1.807) is 18.1 Å². The van der Waals surface area contributed by atoms with Crippen LogP contribution in [0.15, 0.2) is 41.9 Å². The number of benzene rings is 1. The third kappa shape index (κ3) is 2.34. The topological polar surface area (TPSA) is 73.4 Å². The van der Waals surface area contributed by atoms with Gasteiger partial charge in [0.05, 0.1) is 0 Å². The summed E-state index contributed by atoms with van der Waals surface area (Å²) in [6, 6.07) is 6.38. The highest BCUT2D eigenvalue weighted by Crippen LogP contribution is 2.54. The summed E-state index contributed by atoms with van der Waals surface area (Å²) in [6.45, 7) is 0. The van der Waals surface area contributed by atoms with E-state index in [1.165, 1.54) is 18.4 Å². The largest absolute Gasteiger partial charge is 0.490 e. The van der Waals surface area contributed by atoms with Crippen LogP contribution in [0.1, 0.15) is 31.2 Å². The first-order valence-corrected chi connectivity index (χ1v) is 9.79. The minimum absolute atomic E-state index is 0.251. The van der Waals surface area contributed by atoms with Crippen molar-refractivity contribution in [3.05, 3.63) is 42.5 Å². The minimum atomic E-state index is -0.251. The summed E-state index contributed by atoms with van der Waals surface area (Å²) in [5.74, 6) is 2.28. The van der Waals surface area contributed by atoms with Crippen LogP contribution in [-0.2, 0) is 5.54 Å². The molecule has 0 saturated heterocycles. The summed E-state index contributed by atoms with van der Waals surface area (Å²) in [6.07, 6.45) is 10.2. The number of hydrogen-bond acceptors (Lipinski definition) is 6. The van der Waals surface area contributed by atoms with E-state index in [2.05, 4.69) is 28.2 Å². The molecule has 0 amide bonds. The van der Waals surface area contributed by atoms with Crippen molar-refractivity contribution in [2.45, 2.75) is 37.3 Å². The smallest absolute Gasteiger partial charge is 0.154 e. The molecule has 1 fully saturated rings. The van der Waals surface area contributed by atoms with Crippen LogP contribution in [0.5, 0.6) is 5.75 Å². The molecule has 0 radical (unpaired) electrons. The SMILES string of the molecule is NC1=NC2(CS1)c1cc(-c3cncnc3)ccc1OC1CCCCC12. The zero-order chi connectivity index (χ0) is 16.9. The molecule has 3 aliphatic rings. The average molecular weight is 352 g/mol. The fourth-order valence-electron chi connectivity index (χ4n) is 4.52. The van der Waals surface area contributed by atoms with Gasteiger partial charge in [0.25, 0.3) is 0 Å². The number of ether oxygens (including phenoxy) is 1. The summed E-state index contributed by atoms with van der Waals surface area (Å²) in [4.78, 5) is 13.3. The van der Waals surface area contributed by atoms with Gasteiger partial charge in [-0.1, -0.05) is 24.2 Å². The van der Waals surface area contributed by atoms with Gasteiger partial charge in [-0.05, 0) is 37.0 Å². The van der Waals surface area contributed by atoms with E-state index in [-0.39, 0.29) is 11.6 Å². The number of aromatic nitrogens is 2. The molecule has 1 saturated carbocycles. The predicted molar refractivity (Wildman–Crippen MR) is 99.6 cm³/mol. The first kappa shape index (κ1) is 15.2. The van der Waals surface area contributed by atoms with Crippen molar-refractivity contribution in [2.24, 2.45) is 16.6 Å². The number of nitrogens with two attached hydrogens (primary N) is 1. The van der Waals surface area contributed by atoms with Crippen LogP contribution in [0, 0.1) is 5.92 Å². The Morgan fingerprint density at radius 3 is 2.76 bits per heavy atom. The summed E-state index contributed by atoms with van der Waals surface area (Å²) in [5, 5.41) is 0.700. The lowest BCUT2D eigenvalue weighted by atomic mass is 9.68. The van der Waals surface area contributed by atoms with Gasteiger partial charge in [0.15, 0.2) is 5.17 Å². The van der Waals surface area contributed by atoms with Crippen LogP contribution in [0.3, 0.4) is 0 Å². The van der Waals surface area contributed by atoms with Crippen molar-refractivity contribution < 1.29 is 4.74 Å². The third-order valence-corrected chi connectivity index (χ3v) is 6.66. The number of amidine groups is 1. The maximum Gasteiger partial charge on any atom is 0.154 e. The Balaban J connectivity index is 1.68. The van der Waals surface area contributed by atoms with Gasteiger partial charge in [0.1, 0.15) is 23.7 Å². The van der Waals surface area contributed by atoms with Gasteiger partial charge in [0.2, 0.25) is 0 Å². The summed E-state index contributed by atoms with van der Waals surface area (Å²) in [5.41, 5.74) is 9.15. The number of aliphatic imine (C=N–C) groups is 1.